The van der Waals surface area contributed by atoms with Crippen molar-refractivity contribution in [3.8, 4) is 0 Å². The van der Waals surface area contributed by atoms with E-state index < -0.39 is 15.9 Å². The lowest BCUT2D eigenvalue weighted by Crippen LogP contribution is -2.40. The van der Waals surface area contributed by atoms with Gasteiger partial charge in [0.25, 0.3) is 11.8 Å². The van der Waals surface area contributed by atoms with E-state index in [9.17, 15) is 18.0 Å². The highest BCUT2D eigenvalue weighted by Crippen LogP contribution is 2.19. The van der Waals surface area contributed by atoms with E-state index in [4.69, 9.17) is 9.47 Å². The van der Waals surface area contributed by atoms with Gasteiger partial charge in [0, 0.05) is 43.6 Å². The molecule has 0 radical (unpaired) electrons. The van der Waals surface area contributed by atoms with Crippen LogP contribution in [0, 0.1) is 0 Å². The molecule has 11 heteroatoms. The minimum absolute atomic E-state index is 0.0239. The molecule has 0 saturated carbocycles. The van der Waals surface area contributed by atoms with Crippen LogP contribution in [0.15, 0.2) is 41.4 Å². The smallest absolute Gasteiger partial charge is 0.272 e. The number of carbonyl (C=O) groups is 2. The van der Waals surface area contributed by atoms with Crippen LogP contribution in [0.5, 0.6) is 0 Å². The van der Waals surface area contributed by atoms with Gasteiger partial charge in [0.1, 0.15) is 10.6 Å². The Hall–Kier alpha value is -2.73. The van der Waals surface area contributed by atoms with Gasteiger partial charge < -0.3 is 24.7 Å². The summed E-state index contributed by atoms with van der Waals surface area (Å²) in [7, 11) is -3.70. The van der Waals surface area contributed by atoms with Crippen LogP contribution in [0.4, 0.5) is 5.69 Å². The monoisotopic (exact) mass is 448 g/mol. The molecule has 2 aliphatic heterocycles. The van der Waals surface area contributed by atoms with Crippen molar-refractivity contribution in [1.29, 1.82) is 0 Å². The van der Waals surface area contributed by atoms with Gasteiger partial charge in [-0.25, -0.2) is 8.42 Å². The van der Waals surface area contributed by atoms with Crippen LogP contribution in [-0.4, -0.2) is 87.0 Å². The first-order valence-corrected chi connectivity index (χ1v) is 11.4. The van der Waals surface area contributed by atoms with Crippen molar-refractivity contribution in [3.05, 3.63) is 47.8 Å². The van der Waals surface area contributed by atoms with Gasteiger partial charge in [-0.1, -0.05) is 6.07 Å². The number of benzene rings is 1. The summed E-state index contributed by atoms with van der Waals surface area (Å²) < 4.78 is 37.2. The van der Waals surface area contributed by atoms with Gasteiger partial charge in [-0.2, -0.15) is 4.31 Å². The molecule has 2 aliphatic rings. The molecule has 0 aliphatic carbocycles. The predicted molar refractivity (Wildman–Crippen MR) is 111 cm³/mol. The van der Waals surface area contributed by atoms with E-state index in [0.29, 0.717) is 50.8 Å². The van der Waals surface area contributed by atoms with Crippen molar-refractivity contribution in [2.45, 2.75) is 4.90 Å². The summed E-state index contributed by atoms with van der Waals surface area (Å²) in [5.74, 6) is -0.627. The Morgan fingerprint density at radius 1 is 0.968 bits per heavy atom. The fourth-order valence-electron chi connectivity index (χ4n) is 3.47. The highest BCUT2D eigenvalue weighted by Gasteiger charge is 2.28. The van der Waals surface area contributed by atoms with Crippen LogP contribution >= 0.6 is 0 Å². The molecule has 166 valence electrons. The average Bonchev–Trinajstić information content (AvgIpc) is 3.31. The second-order valence-corrected chi connectivity index (χ2v) is 9.14. The Balaban J connectivity index is 1.45. The first-order chi connectivity index (χ1) is 14.9. The number of carbonyl (C=O) groups excluding carboxylic acids is 2. The molecule has 2 amide bonds. The molecule has 0 atom stereocenters. The van der Waals surface area contributed by atoms with Gasteiger partial charge in [-0.05, 0) is 24.3 Å². The minimum atomic E-state index is -3.70. The fourth-order valence-corrected chi connectivity index (χ4v) is 4.87. The summed E-state index contributed by atoms with van der Waals surface area (Å²) in [6, 6.07) is 7.95. The number of aromatic amines is 1. The van der Waals surface area contributed by atoms with Crippen molar-refractivity contribution in [2.24, 2.45) is 0 Å². The van der Waals surface area contributed by atoms with E-state index in [1.54, 1.807) is 29.2 Å². The highest BCUT2D eigenvalue weighted by atomic mass is 32.2. The molecule has 0 bridgehead atoms. The number of amides is 2. The molecule has 31 heavy (non-hydrogen) atoms. The van der Waals surface area contributed by atoms with Crippen LogP contribution in [0.2, 0.25) is 0 Å². The third-order valence-electron chi connectivity index (χ3n) is 5.17. The number of sulfonamides is 1. The number of ether oxygens (including phenoxy) is 2. The summed E-state index contributed by atoms with van der Waals surface area (Å²) >= 11 is 0. The number of anilines is 1. The summed E-state index contributed by atoms with van der Waals surface area (Å²) in [5, 5.41) is 2.71. The Morgan fingerprint density at radius 3 is 2.35 bits per heavy atom. The first-order valence-electron chi connectivity index (χ1n) is 10.00. The summed E-state index contributed by atoms with van der Waals surface area (Å²) in [6.45, 7) is 3.30. The van der Waals surface area contributed by atoms with Crippen LogP contribution in [0.1, 0.15) is 20.8 Å². The third-order valence-corrected chi connectivity index (χ3v) is 7.05. The molecular weight excluding hydrogens is 424 g/mol. The van der Waals surface area contributed by atoms with E-state index in [2.05, 4.69) is 10.3 Å². The average molecular weight is 449 g/mol. The van der Waals surface area contributed by atoms with E-state index in [-0.39, 0.29) is 29.6 Å². The topological polar surface area (TPSA) is 121 Å². The Morgan fingerprint density at radius 2 is 1.65 bits per heavy atom. The molecule has 2 aromatic rings. The number of nitrogens with zero attached hydrogens (tertiary/aromatic N) is 2. The van der Waals surface area contributed by atoms with E-state index in [0.717, 1.165) is 0 Å². The molecule has 0 spiro atoms. The number of morpholine rings is 2. The van der Waals surface area contributed by atoms with Gasteiger partial charge in [0.15, 0.2) is 0 Å². The van der Waals surface area contributed by atoms with Crippen molar-refractivity contribution in [3.63, 3.8) is 0 Å². The normalized spacial score (nSPS) is 18.0. The SMILES string of the molecule is O=C(Nc1cccc(C(=O)N2CCOCC2)c1)c1cc(S(=O)(=O)N2CCOCC2)c[nH]1. The van der Waals surface area contributed by atoms with Crippen molar-refractivity contribution >= 4 is 27.5 Å². The van der Waals surface area contributed by atoms with E-state index in [1.165, 1.54) is 16.6 Å². The Labute approximate surface area is 180 Å². The number of H-pyrrole nitrogens is 1. The second-order valence-electron chi connectivity index (χ2n) is 7.21. The standard InChI is InChI=1S/C20H24N4O6S/c25-19(18-13-17(14-21-18)31(27,28)24-6-10-30-11-7-24)22-16-3-1-2-15(12-16)20(26)23-4-8-29-9-5-23/h1-3,12-14,21H,4-11H2,(H,22,25). The number of rotatable bonds is 5. The molecule has 2 fully saturated rings. The first kappa shape index (κ1) is 21.5. The quantitative estimate of drug-likeness (QED) is 0.697. The van der Waals surface area contributed by atoms with E-state index >= 15 is 0 Å². The zero-order chi connectivity index (χ0) is 21.8. The lowest BCUT2D eigenvalue weighted by atomic mass is 10.1. The van der Waals surface area contributed by atoms with Gasteiger partial charge in [0.05, 0.1) is 26.4 Å². The fraction of sp³-hybridized carbons (Fsp3) is 0.400. The van der Waals surface area contributed by atoms with Crippen LogP contribution < -0.4 is 5.32 Å². The molecule has 2 saturated heterocycles. The maximum atomic E-state index is 12.7. The van der Waals surface area contributed by atoms with Gasteiger partial charge >= 0.3 is 0 Å². The van der Waals surface area contributed by atoms with E-state index in [1.807, 2.05) is 0 Å². The largest absolute Gasteiger partial charge is 0.379 e. The predicted octanol–water partition coefficient (Wildman–Crippen LogP) is 0.760. The molecule has 0 unspecified atom stereocenters. The lowest BCUT2D eigenvalue weighted by Gasteiger charge is -2.27. The summed E-state index contributed by atoms with van der Waals surface area (Å²) in [6.07, 6.45) is 1.30. The third kappa shape index (κ3) is 4.79. The summed E-state index contributed by atoms with van der Waals surface area (Å²) in [4.78, 5) is 29.7. The zero-order valence-corrected chi connectivity index (χ0v) is 17.7. The van der Waals surface area contributed by atoms with Crippen molar-refractivity contribution < 1.29 is 27.5 Å². The molecule has 1 aromatic heterocycles. The number of hydrogen-bond donors (Lipinski definition) is 2. The van der Waals surface area contributed by atoms with Gasteiger partial charge in [-0.3, -0.25) is 9.59 Å². The minimum Gasteiger partial charge on any atom is -0.379 e. The molecular formula is C20H24N4O6S. The molecule has 4 rings (SSSR count). The zero-order valence-electron chi connectivity index (χ0n) is 16.9. The second kappa shape index (κ2) is 9.18. The van der Waals surface area contributed by atoms with Crippen molar-refractivity contribution in [2.75, 3.05) is 57.9 Å². The molecule has 3 heterocycles. The molecule has 2 N–H and O–H groups in total. The number of aromatic nitrogens is 1. The van der Waals surface area contributed by atoms with Crippen LogP contribution in [0.25, 0.3) is 0 Å². The molecule has 1 aromatic carbocycles. The summed E-state index contributed by atoms with van der Waals surface area (Å²) in [5.41, 5.74) is 1.01. The molecule has 10 nitrogen and oxygen atoms in total. The van der Waals surface area contributed by atoms with Gasteiger partial charge in [0.2, 0.25) is 10.0 Å². The lowest BCUT2D eigenvalue weighted by molar-refractivity contribution is 0.0303. The number of hydrogen-bond acceptors (Lipinski definition) is 6. The van der Waals surface area contributed by atoms with Crippen LogP contribution in [0.3, 0.4) is 0 Å². The van der Waals surface area contributed by atoms with Crippen molar-refractivity contribution in [1.82, 2.24) is 14.2 Å². The maximum absolute atomic E-state index is 12.7. The Bertz CT molecular complexity index is 1060. The number of nitrogens with one attached hydrogen (secondary N) is 2. The highest BCUT2D eigenvalue weighted by molar-refractivity contribution is 7.89. The Kier molecular flexibility index (Phi) is 6.37. The maximum Gasteiger partial charge on any atom is 0.272 e. The van der Waals surface area contributed by atoms with Crippen LogP contribution in [-0.2, 0) is 19.5 Å². The van der Waals surface area contributed by atoms with Gasteiger partial charge in [-0.15, -0.1) is 0 Å².